The fourth-order valence-corrected chi connectivity index (χ4v) is 1.77. The van der Waals surface area contributed by atoms with Crippen molar-refractivity contribution in [3.05, 3.63) is 11.5 Å². The van der Waals surface area contributed by atoms with Crippen molar-refractivity contribution in [2.45, 2.75) is 0 Å². The molecule has 0 fully saturated rings. The second kappa shape index (κ2) is 5.34. The van der Waals surface area contributed by atoms with Gasteiger partial charge in [0.2, 0.25) is 0 Å². The van der Waals surface area contributed by atoms with Crippen LogP contribution >= 0.6 is 21.6 Å². The van der Waals surface area contributed by atoms with E-state index in [2.05, 4.69) is 11.5 Å². The van der Waals surface area contributed by atoms with Gasteiger partial charge in [-0.25, -0.2) is 0 Å². The Labute approximate surface area is 69.5 Å². The Bertz CT molecular complexity index is 138. The third kappa shape index (κ3) is 15.9. The van der Waals surface area contributed by atoms with E-state index in [-0.39, 0.29) is 0 Å². The summed E-state index contributed by atoms with van der Waals surface area (Å²) in [6.45, 7) is 0. The standard InChI is InChI=1S/C3H4S2.AsH3O4/c1-2-4-5-3-1;2-1(3,4)5/h1-2H,3H2;(H3,2,3,4,5). The maximum atomic E-state index is 8.94. The summed E-state index contributed by atoms with van der Waals surface area (Å²) in [7, 11) is 3.69. The van der Waals surface area contributed by atoms with Crippen LogP contribution in [0.1, 0.15) is 0 Å². The third-order valence-corrected chi connectivity index (χ3v) is 2.30. The molecule has 0 atom stereocenters. The van der Waals surface area contributed by atoms with Crippen molar-refractivity contribution in [1.29, 1.82) is 0 Å². The molecule has 3 N–H and O–H groups in total. The van der Waals surface area contributed by atoms with E-state index < -0.39 is 14.5 Å². The zero-order valence-corrected chi connectivity index (χ0v) is 8.38. The molecule has 0 amide bonds. The van der Waals surface area contributed by atoms with Gasteiger partial charge >= 0.3 is 30.5 Å². The Hall–Kier alpha value is 0.678. The van der Waals surface area contributed by atoms with Crippen LogP contribution in [-0.2, 0) is 3.74 Å². The number of hydrogen-bond donors (Lipinski definition) is 3. The molecule has 10 heavy (non-hydrogen) atoms. The molecule has 0 aromatic carbocycles. The average Bonchev–Trinajstić information content (AvgIpc) is 2.07. The van der Waals surface area contributed by atoms with Crippen molar-refractivity contribution in [3.63, 3.8) is 0 Å². The molecule has 0 unspecified atom stereocenters. The van der Waals surface area contributed by atoms with E-state index in [1.165, 1.54) is 5.75 Å². The van der Waals surface area contributed by atoms with Gasteiger partial charge in [0, 0.05) is 5.75 Å². The summed E-state index contributed by atoms with van der Waals surface area (Å²) in [6.07, 6.45) is 2.16. The molecule has 0 spiro atoms. The van der Waals surface area contributed by atoms with E-state index in [0.717, 1.165) is 0 Å². The van der Waals surface area contributed by atoms with Crippen molar-refractivity contribution in [2.75, 3.05) is 5.75 Å². The van der Waals surface area contributed by atoms with Gasteiger partial charge in [-0.2, -0.15) is 0 Å². The van der Waals surface area contributed by atoms with Crippen molar-refractivity contribution in [1.82, 2.24) is 0 Å². The van der Waals surface area contributed by atoms with E-state index in [9.17, 15) is 0 Å². The zero-order valence-electron chi connectivity index (χ0n) is 4.88. The number of hydrogen-bond acceptors (Lipinski definition) is 3. The first-order chi connectivity index (χ1) is 4.50. The molecular weight excluding hydrogens is 239 g/mol. The second-order valence-electron chi connectivity index (χ2n) is 1.27. The van der Waals surface area contributed by atoms with Gasteiger partial charge in [-0.3, -0.25) is 0 Å². The van der Waals surface area contributed by atoms with Crippen LogP contribution in [0.2, 0.25) is 0 Å². The summed E-state index contributed by atoms with van der Waals surface area (Å²) in [4.78, 5) is 0. The van der Waals surface area contributed by atoms with Gasteiger partial charge in [-0.1, -0.05) is 27.7 Å². The minimum absolute atomic E-state index is 1.20. The van der Waals surface area contributed by atoms with E-state index >= 15 is 0 Å². The van der Waals surface area contributed by atoms with Crippen LogP contribution in [0.25, 0.3) is 0 Å². The predicted octanol–water partition coefficient (Wildman–Crippen LogP) is -0.276. The molecular formula is C3H7AsO4S2. The molecule has 1 heterocycles. The molecule has 0 radical (unpaired) electrons. The molecule has 1 aliphatic rings. The SMILES string of the molecule is C1=CSSC1.O=[As](O)(O)O. The summed E-state index contributed by atoms with van der Waals surface area (Å²) < 4.78 is 30.7. The first kappa shape index (κ1) is 10.7. The maximum absolute atomic E-state index is 8.94. The number of rotatable bonds is 0. The summed E-state index contributed by atoms with van der Waals surface area (Å²) in [6, 6.07) is 0. The van der Waals surface area contributed by atoms with E-state index in [1.54, 1.807) is 0 Å². The molecule has 4 nitrogen and oxygen atoms in total. The summed E-state index contributed by atoms with van der Waals surface area (Å²) in [5.74, 6) is 1.20. The van der Waals surface area contributed by atoms with Gasteiger partial charge in [0.25, 0.3) is 0 Å². The molecule has 1 rings (SSSR count). The Balaban J connectivity index is 0.000000162. The zero-order chi connectivity index (χ0) is 8.04. The second-order valence-corrected chi connectivity index (χ2v) is 5.74. The van der Waals surface area contributed by atoms with Gasteiger partial charge in [-0.15, -0.1) is 0 Å². The molecule has 0 saturated heterocycles. The average molecular weight is 246 g/mol. The van der Waals surface area contributed by atoms with Crippen molar-refractivity contribution >= 4 is 36.1 Å². The Morgan fingerprint density at radius 2 is 1.90 bits per heavy atom. The third-order valence-electron chi connectivity index (χ3n) is 0.384. The topological polar surface area (TPSA) is 77.8 Å². The minimum atomic E-state index is -5.12. The molecule has 1 aliphatic heterocycles. The predicted molar refractivity (Wildman–Crippen MR) is 42.3 cm³/mol. The van der Waals surface area contributed by atoms with Gasteiger partial charge < -0.3 is 0 Å². The first-order valence-corrected chi connectivity index (χ1v) is 7.88. The van der Waals surface area contributed by atoms with Crippen LogP contribution in [0.3, 0.4) is 0 Å². The van der Waals surface area contributed by atoms with Gasteiger partial charge in [0.1, 0.15) is 0 Å². The van der Waals surface area contributed by atoms with Crippen LogP contribution in [0.4, 0.5) is 0 Å². The fraction of sp³-hybridized carbons (Fsp3) is 0.333. The first-order valence-electron chi connectivity index (χ1n) is 2.22. The van der Waals surface area contributed by atoms with Gasteiger partial charge in [0.15, 0.2) is 0 Å². The fourth-order valence-electron chi connectivity index (χ4n) is 0.196. The summed E-state index contributed by atoms with van der Waals surface area (Å²) in [5.41, 5.74) is 0. The van der Waals surface area contributed by atoms with E-state index in [4.69, 9.17) is 16.0 Å². The molecule has 0 aromatic heterocycles. The molecule has 0 saturated carbocycles. The molecule has 0 aromatic rings. The van der Waals surface area contributed by atoms with Gasteiger partial charge in [0.05, 0.1) is 0 Å². The van der Waals surface area contributed by atoms with Crippen molar-refractivity contribution < 1.29 is 16.0 Å². The normalized spacial score (nSPS) is 16.3. The molecule has 7 heteroatoms. The molecule has 0 aliphatic carbocycles. The van der Waals surface area contributed by atoms with Crippen molar-refractivity contribution in [3.8, 4) is 0 Å². The molecule has 0 bridgehead atoms. The Kier molecular flexibility index (Phi) is 5.71. The van der Waals surface area contributed by atoms with Crippen molar-refractivity contribution in [2.24, 2.45) is 0 Å². The van der Waals surface area contributed by atoms with Crippen LogP contribution in [-0.4, -0.2) is 32.6 Å². The van der Waals surface area contributed by atoms with Crippen LogP contribution in [0, 0.1) is 0 Å². The monoisotopic (exact) mass is 246 g/mol. The van der Waals surface area contributed by atoms with Crippen LogP contribution < -0.4 is 0 Å². The summed E-state index contributed by atoms with van der Waals surface area (Å²) >= 11 is -5.12. The quantitative estimate of drug-likeness (QED) is 0.403. The Morgan fingerprint density at radius 1 is 1.40 bits per heavy atom. The Morgan fingerprint density at radius 3 is 2.00 bits per heavy atom. The van der Waals surface area contributed by atoms with Crippen LogP contribution in [0.15, 0.2) is 11.5 Å². The van der Waals surface area contributed by atoms with Gasteiger partial charge in [-0.05, 0) is 5.41 Å². The summed E-state index contributed by atoms with van der Waals surface area (Å²) in [5, 5.41) is 2.12. The van der Waals surface area contributed by atoms with Crippen LogP contribution in [0.5, 0.6) is 0 Å². The van der Waals surface area contributed by atoms with E-state index in [1.807, 2.05) is 21.6 Å². The van der Waals surface area contributed by atoms with E-state index in [0.29, 0.717) is 0 Å². The molecule has 60 valence electrons.